The van der Waals surface area contributed by atoms with Crippen LogP contribution in [0.3, 0.4) is 0 Å². The number of unbranched alkanes of at least 4 members (excludes halogenated alkanes) is 25. The molecule has 0 aliphatic heterocycles. The maximum atomic E-state index is 12.7. The molecule has 0 amide bonds. The molecule has 296 valence electrons. The molecular weight excluding hydrogens is 624 g/mol. The van der Waals surface area contributed by atoms with Gasteiger partial charge in [-0.2, -0.15) is 0 Å². The van der Waals surface area contributed by atoms with Gasteiger partial charge in [0.1, 0.15) is 13.2 Å². The van der Waals surface area contributed by atoms with Gasteiger partial charge in [-0.05, 0) is 25.2 Å². The summed E-state index contributed by atoms with van der Waals surface area (Å²) in [5.74, 6) is -0.0460. The molecule has 0 bridgehead atoms. The summed E-state index contributed by atoms with van der Waals surface area (Å²) in [6, 6.07) is 0. The van der Waals surface area contributed by atoms with E-state index in [-0.39, 0.29) is 31.1 Å². The number of carbonyl (C=O) groups is 3. The Hall–Kier alpha value is -1.59. The van der Waals surface area contributed by atoms with E-state index in [2.05, 4.69) is 27.7 Å². The first kappa shape index (κ1) is 48.4. The molecule has 0 rings (SSSR count). The Morgan fingerprint density at radius 1 is 0.400 bits per heavy atom. The minimum atomic E-state index is -0.758. The number of hydrogen-bond acceptors (Lipinski definition) is 6. The van der Waals surface area contributed by atoms with Crippen molar-refractivity contribution in [1.29, 1.82) is 0 Å². The summed E-state index contributed by atoms with van der Waals surface area (Å²) in [6.45, 7) is 8.94. The smallest absolute Gasteiger partial charge is 0.306 e. The Balaban J connectivity index is 4.35. The lowest BCUT2D eigenvalue weighted by atomic mass is 10.00. The lowest BCUT2D eigenvalue weighted by Crippen LogP contribution is -2.30. The second-order valence-corrected chi connectivity index (χ2v) is 15.2. The van der Waals surface area contributed by atoms with Crippen molar-refractivity contribution in [3.05, 3.63) is 0 Å². The molecular formula is C44H84O6. The maximum absolute atomic E-state index is 12.7. The van der Waals surface area contributed by atoms with Gasteiger partial charge in [0.25, 0.3) is 0 Å². The Morgan fingerprint density at radius 3 is 1.04 bits per heavy atom. The summed E-state index contributed by atoms with van der Waals surface area (Å²) < 4.78 is 16.7. The van der Waals surface area contributed by atoms with Crippen molar-refractivity contribution in [2.75, 3.05) is 13.2 Å². The molecule has 0 aliphatic rings. The molecule has 50 heavy (non-hydrogen) atoms. The highest BCUT2D eigenvalue weighted by Crippen LogP contribution is 2.16. The second-order valence-electron chi connectivity index (χ2n) is 15.2. The van der Waals surface area contributed by atoms with Gasteiger partial charge >= 0.3 is 17.9 Å². The predicted molar refractivity (Wildman–Crippen MR) is 210 cm³/mol. The first-order valence-corrected chi connectivity index (χ1v) is 21.9. The summed E-state index contributed by atoms with van der Waals surface area (Å²) in [5.41, 5.74) is 0. The molecule has 6 heteroatoms. The molecule has 0 saturated heterocycles. The van der Waals surface area contributed by atoms with Gasteiger partial charge in [-0.25, -0.2) is 0 Å². The van der Waals surface area contributed by atoms with Crippen LogP contribution in [0, 0.1) is 5.92 Å². The van der Waals surface area contributed by atoms with E-state index in [0.717, 1.165) is 63.7 Å². The van der Waals surface area contributed by atoms with E-state index in [4.69, 9.17) is 14.2 Å². The summed E-state index contributed by atoms with van der Waals surface area (Å²) in [4.78, 5) is 37.6. The zero-order chi connectivity index (χ0) is 36.8. The van der Waals surface area contributed by atoms with E-state index in [1.165, 1.54) is 135 Å². The normalized spacial score (nSPS) is 12.5. The van der Waals surface area contributed by atoms with Crippen molar-refractivity contribution >= 4 is 17.9 Å². The van der Waals surface area contributed by atoms with Gasteiger partial charge in [-0.1, -0.05) is 201 Å². The van der Waals surface area contributed by atoms with Gasteiger partial charge in [0.15, 0.2) is 6.10 Å². The van der Waals surface area contributed by atoms with Crippen LogP contribution in [0.15, 0.2) is 0 Å². The van der Waals surface area contributed by atoms with Gasteiger partial charge in [0, 0.05) is 19.3 Å². The molecule has 0 aromatic carbocycles. The SMILES string of the molecule is CCCCCCCCCCCCCC(=O)OC[C@@H](COC(=O)CCCCCCCCC(C)CC)OC(=O)CCCCCCCCCCCCC. The fraction of sp³-hybridized carbons (Fsp3) is 0.932. The molecule has 6 nitrogen and oxygen atoms in total. The fourth-order valence-corrected chi connectivity index (χ4v) is 6.42. The molecule has 2 atom stereocenters. The number of hydrogen-bond donors (Lipinski definition) is 0. The number of esters is 3. The molecule has 0 N–H and O–H groups in total. The van der Waals surface area contributed by atoms with Crippen molar-refractivity contribution in [3.63, 3.8) is 0 Å². The van der Waals surface area contributed by atoms with Crippen molar-refractivity contribution in [3.8, 4) is 0 Å². The Bertz CT molecular complexity index is 753. The number of ether oxygens (including phenoxy) is 3. The summed E-state index contributed by atoms with van der Waals surface area (Å²) >= 11 is 0. The third kappa shape index (κ3) is 36.2. The molecule has 0 saturated carbocycles. The van der Waals surface area contributed by atoms with Crippen LogP contribution in [0.5, 0.6) is 0 Å². The van der Waals surface area contributed by atoms with Crippen LogP contribution in [-0.2, 0) is 28.6 Å². The lowest BCUT2D eigenvalue weighted by Gasteiger charge is -2.18. The van der Waals surface area contributed by atoms with Crippen LogP contribution in [0.1, 0.15) is 240 Å². The lowest BCUT2D eigenvalue weighted by molar-refractivity contribution is -0.167. The quantitative estimate of drug-likeness (QED) is 0.0359. The maximum Gasteiger partial charge on any atom is 0.306 e. The van der Waals surface area contributed by atoms with Gasteiger partial charge in [0.05, 0.1) is 0 Å². The zero-order valence-corrected chi connectivity index (χ0v) is 33.9. The van der Waals surface area contributed by atoms with Crippen LogP contribution in [-0.4, -0.2) is 37.2 Å². The molecule has 0 fully saturated rings. The molecule has 0 aliphatic carbocycles. The highest BCUT2D eigenvalue weighted by Gasteiger charge is 2.19. The van der Waals surface area contributed by atoms with E-state index in [1.807, 2.05) is 0 Å². The van der Waals surface area contributed by atoms with Crippen LogP contribution in [0.25, 0.3) is 0 Å². The summed E-state index contributed by atoms with van der Waals surface area (Å²) in [5, 5.41) is 0. The zero-order valence-electron chi connectivity index (χ0n) is 33.9. The third-order valence-electron chi connectivity index (χ3n) is 10.2. The Labute approximate surface area is 310 Å². The highest BCUT2D eigenvalue weighted by atomic mass is 16.6. The Morgan fingerprint density at radius 2 is 0.700 bits per heavy atom. The van der Waals surface area contributed by atoms with Crippen molar-refractivity contribution in [2.45, 2.75) is 246 Å². The van der Waals surface area contributed by atoms with Crippen LogP contribution in [0.4, 0.5) is 0 Å². The van der Waals surface area contributed by atoms with Crippen LogP contribution >= 0.6 is 0 Å². The second kappa shape index (κ2) is 38.6. The van der Waals surface area contributed by atoms with E-state index < -0.39 is 6.10 Å². The number of carbonyl (C=O) groups excluding carboxylic acids is 3. The van der Waals surface area contributed by atoms with Gasteiger partial charge in [0.2, 0.25) is 0 Å². The molecule has 0 radical (unpaired) electrons. The van der Waals surface area contributed by atoms with Gasteiger partial charge in [-0.15, -0.1) is 0 Å². The topological polar surface area (TPSA) is 78.9 Å². The first-order valence-electron chi connectivity index (χ1n) is 21.9. The highest BCUT2D eigenvalue weighted by molar-refractivity contribution is 5.71. The molecule has 0 spiro atoms. The first-order chi connectivity index (χ1) is 24.4. The van der Waals surface area contributed by atoms with Crippen molar-refractivity contribution in [2.24, 2.45) is 5.92 Å². The Kier molecular flexibility index (Phi) is 37.4. The van der Waals surface area contributed by atoms with Crippen LogP contribution in [0.2, 0.25) is 0 Å². The van der Waals surface area contributed by atoms with Gasteiger partial charge in [-0.3, -0.25) is 14.4 Å². The molecule has 0 aromatic rings. The number of rotatable bonds is 39. The average Bonchev–Trinajstić information content (AvgIpc) is 3.11. The average molecular weight is 709 g/mol. The minimum Gasteiger partial charge on any atom is -0.462 e. The fourth-order valence-electron chi connectivity index (χ4n) is 6.42. The van der Waals surface area contributed by atoms with Crippen molar-refractivity contribution < 1.29 is 28.6 Å². The van der Waals surface area contributed by atoms with Crippen LogP contribution < -0.4 is 0 Å². The predicted octanol–water partition coefficient (Wildman–Crippen LogP) is 13.6. The third-order valence-corrected chi connectivity index (χ3v) is 10.2. The van der Waals surface area contributed by atoms with Gasteiger partial charge < -0.3 is 14.2 Å². The monoisotopic (exact) mass is 709 g/mol. The summed E-state index contributed by atoms with van der Waals surface area (Å²) in [6.07, 6.45) is 36.5. The standard InChI is InChI=1S/C44H84O6/c1-5-8-10-12-14-16-18-20-22-27-31-35-42(45)48-38-41(39-49-43(46)36-32-28-25-24-26-30-34-40(4)7-3)50-44(47)37-33-29-23-21-19-17-15-13-11-9-6-2/h40-41H,5-39H2,1-4H3/t40?,41-/m0/s1. The van der Waals surface area contributed by atoms with E-state index in [9.17, 15) is 14.4 Å². The molecule has 1 unspecified atom stereocenters. The summed E-state index contributed by atoms with van der Waals surface area (Å²) in [7, 11) is 0. The van der Waals surface area contributed by atoms with E-state index in [0.29, 0.717) is 19.3 Å². The largest absolute Gasteiger partial charge is 0.462 e. The van der Waals surface area contributed by atoms with E-state index in [1.54, 1.807) is 0 Å². The van der Waals surface area contributed by atoms with Crippen molar-refractivity contribution in [1.82, 2.24) is 0 Å². The minimum absolute atomic E-state index is 0.0647. The molecule has 0 heterocycles. The molecule has 0 aromatic heterocycles. The van der Waals surface area contributed by atoms with E-state index >= 15 is 0 Å².